The molecule has 0 amide bonds. The van der Waals surface area contributed by atoms with Crippen molar-refractivity contribution in [2.45, 2.75) is 204 Å². The van der Waals surface area contributed by atoms with Gasteiger partial charge in [-0.2, -0.15) is 0 Å². The van der Waals surface area contributed by atoms with E-state index in [0.29, 0.717) is 19.3 Å². The third-order valence-corrected chi connectivity index (χ3v) is 19.4. The van der Waals surface area contributed by atoms with Gasteiger partial charge in [0.2, 0.25) is 0 Å². The van der Waals surface area contributed by atoms with E-state index < -0.39 is 122 Å². The molecule has 2 bridgehead atoms. The van der Waals surface area contributed by atoms with Gasteiger partial charge < -0.3 is 84.2 Å². The molecule has 8 fully saturated rings. The molecule has 1 spiro atoms. The Labute approximate surface area is 380 Å². The van der Waals surface area contributed by atoms with Crippen molar-refractivity contribution in [1.29, 1.82) is 0 Å². The summed E-state index contributed by atoms with van der Waals surface area (Å²) in [6, 6.07) is 0. The Bertz CT molecular complexity index is 1830. The number of rotatable bonds is 8. The summed E-state index contributed by atoms with van der Waals surface area (Å²) in [6.45, 7) is 14.3. The molecule has 4 saturated carbocycles. The Balaban J connectivity index is 0.978. The summed E-state index contributed by atoms with van der Waals surface area (Å²) in [7, 11) is 0. The minimum Gasteiger partial charge on any atom is -0.461 e. The largest absolute Gasteiger partial charge is 0.461 e. The molecule has 4 heterocycles. The monoisotopic (exact) mass is 926 g/mol. The number of esters is 1. The zero-order valence-corrected chi connectivity index (χ0v) is 38.6. The molecule has 0 aromatic rings. The van der Waals surface area contributed by atoms with Gasteiger partial charge in [0, 0.05) is 11.8 Å². The summed E-state index contributed by atoms with van der Waals surface area (Å²) < 4.78 is 42.2. The lowest BCUT2D eigenvalue weighted by Crippen LogP contribution is -2.68. The van der Waals surface area contributed by atoms with Gasteiger partial charge in [-0.1, -0.05) is 60.1 Å². The topological polar surface area (TPSA) is 284 Å². The van der Waals surface area contributed by atoms with Crippen LogP contribution in [0.4, 0.5) is 0 Å². The van der Waals surface area contributed by atoms with Gasteiger partial charge in [0.05, 0.1) is 32.0 Å². The molecule has 9 aliphatic rings. The second kappa shape index (κ2) is 16.6. The van der Waals surface area contributed by atoms with Crippen LogP contribution >= 0.6 is 0 Å². The molecule has 24 atom stereocenters. The van der Waals surface area contributed by atoms with Crippen LogP contribution in [0.3, 0.4) is 0 Å². The van der Waals surface area contributed by atoms with Gasteiger partial charge in [-0.05, 0) is 84.4 Å². The third kappa shape index (κ3) is 7.12. The van der Waals surface area contributed by atoms with Crippen LogP contribution in [-0.2, 0) is 38.0 Å². The normalized spacial score (nSPS) is 55.8. The summed E-state index contributed by atoms with van der Waals surface area (Å²) in [5.74, 6) is 0.00221. The van der Waals surface area contributed by atoms with Gasteiger partial charge in [0.1, 0.15) is 78.7 Å². The lowest BCUT2D eigenvalue weighted by atomic mass is 9.33. The molecule has 9 rings (SSSR count). The molecule has 10 N–H and O–H groups in total. The number of aliphatic hydroxyl groups excluding tert-OH is 10. The van der Waals surface area contributed by atoms with Gasteiger partial charge in [0.15, 0.2) is 18.9 Å². The lowest BCUT2D eigenvalue weighted by Gasteiger charge is -2.71. The maximum Gasteiger partial charge on any atom is 0.315 e. The van der Waals surface area contributed by atoms with Crippen LogP contribution in [0.1, 0.15) is 99.8 Å². The number of fused-ring (bicyclic) bond motifs is 7. The Hall–Kier alpha value is -1.43. The van der Waals surface area contributed by atoms with E-state index in [0.717, 1.165) is 32.1 Å². The smallest absolute Gasteiger partial charge is 0.315 e. The number of ether oxygens (including phenoxy) is 7. The summed E-state index contributed by atoms with van der Waals surface area (Å²) >= 11 is 0. The predicted molar refractivity (Wildman–Crippen MR) is 224 cm³/mol. The average Bonchev–Trinajstić information content (AvgIpc) is 3.57. The zero-order chi connectivity index (χ0) is 47.1. The highest BCUT2D eigenvalue weighted by molar-refractivity contribution is 5.82. The van der Waals surface area contributed by atoms with E-state index in [4.69, 9.17) is 33.2 Å². The van der Waals surface area contributed by atoms with E-state index >= 15 is 0 Å². The van der Waals surface area contributed by atoms with Gasteiger partial charge in [0.25, 0.3) is 0 Å². The van der Waals surface area contributed by atoms with Gasteiger partial charge >= 0.3 is 5.97 Å². The molecule has 4 aliphatic heterocycles. The van der Waals surface area contributed by atoms with Crippen LogP contribution in [0.25, 0.3) is 0 Å². The predicted octanol–water partition coefficient (Wildman–Crippen LogP) is -0.233. The zero-order valence-electron chi connectivity index (χ0n) is 38.6. The summed E-state index contributed by atoms with van der Waals surface area (Å²) in [5.41, 5.74) is -1.09. The molecular weight excluding hydrogens is 852 g/mol. The van der Waals surface area contributed by atoms with Crippen LogP contribution < -0.4 is 0 Å². The number of carbonyl (C=O) groups excluding carboxylic acids is 1. The Morgan fingerprint density at radius 2 is 1.38 bits per heavy atom. The number of hydrogen-bond donors (Lipinski definition) is 10. The highest BCUT2D eigenvalue weighted by atomic mass is 16.8. The number of allylic oxidation sites excluding steroid dienone is 2. The van der Waals surface area contributed by atoms with E-state index in [1.54, 1.807) is 0 Å². The van der Waals surface area contributed by atoms with Crippen LogP contribution in [0, 0.1) is 50.2 Å². The molecule has 0 aromatic heterocycles. The van der Waals surface area contributed by atoms with Crippen molar-refractivity contribution in [3.05, 3.63) is 11.6 Å². The van der Waals surface area contributed by atoms with Crippen molar-refractivity contribution >= 4 is 5.97 Å². The van der Waals surface area contributed by atoms with Crippen LogP contribution in [0.5, 0.6) is 0 Å². The SMILES string of the molecule is CC1(C)C[C@H]2C3=CC[C@@H]4[C@@]5(C)CC[C@H](O[C@@H]6O[C@H](CO[C@@H]7OC[C@H](O)[C@H](O)[C@H]7O)[C@@H](O)[C@H](O)[C@H]6O[C@@H]6O[C@H](CO)[C@@H](O)[C@H](O)[C@H]6O)C(C)(C)[C@@H]5CC[C@@]4(C)[C@]3(C)C[C@@H](O)[C@@]23C[C@@H]1OC3=O. The molecular formula is C47H74O18. The van der Waals surface area contributed by atoms with E-state index in [1.807, 2.05) is 0 Å². The van der Waals surface area contributed by atoms with Crippen molar-refractivity contribution < 1.29 is 89.0 Å². The average molecular weight is 927 g/mol. The first-order chi connectivity index (χ1) is 30.4. The van der Waals surface area contributed by atoms with Crippen LogP contribution in [0.2, 0.25) is 0 Å². The quantitative estimate of drug-likeness (QED) is 0.0855. The number of hydrogen-bond acceptors (Lipinski definition) is 18. The standard InChI is InChI=1S/C47H74O18/c1-42(2)14-21-20-8-9-26-44(5)12-11-28(43(3,4)25(44)10-13-45(26,6)46(20,7)15-27(50)47(21)16-29(42)64-41(47)58)63-40-37(65-39-36(57)33(54)31(52)23(17-48)61-39)34(55)32(53)24(62-40)19-60-38-35(56)30(51)22(49)18-59-38/h8,21-40,48-57H,9-19H2,1-7H3/t21-,22-,23+,24+,25-,26+,27+,28-,29-,30-,31+,32+,33-,34-,35+,36+,37+,38-,39-,40-,44-,45+,46+,47+/m0/s1. The Morgan fingerprint density at radius 1 is 0.708 bits per heavy atom. The molecule has 0 aromatic carbocycles. The maximum atomic E-state index is 13.8. The molecule has 5 aliphatic carbocycles. The Morgan fingerprint density at radius 3 is 2.09 bits per heavy atom. The highest BCUT2D eigenvalue weighted by Gasteiger charge is 2.74. The van der Waals surface area contributed by atoms with Gasteiger partial charge in [-0.25, -0.2) is 0 Å². The number of aliphatic hydroxyl groups is 10. The molecule has 65 heavy (non-hydrogen) atoms. The van der Waals surface area contributed by atoms with Crippen molar-refractivity contribution in [1.82, 2.24) is 0 Å². The third-order valence-electron chi connectivity index (χ3n) is 19.4. The summed E-state index contributed by atoms with van der Waals surface area (Å²) in [4.78, 5) is 13.8. The summed E-state index contributed by atoms with van der Waals surface area (Å²) in [5, 5.41) is 108. The molecule has 0 radical (unpaired) electrons. The minimum absolute atomic E-state index is 0.0992. The second-order valence-electron chi connectivity index (χ2n) is 23.3. The number of carbonyl (C=O) groups is 1. The van der Waals surface area contributed by atoms with Gasteiger partial charge in [-0.3, -0.25) is 4.79 Å². The van der Waals surface area contributed by atoms with E-state index in [9.17, 15) is 55.9 Å². The summed E-state index contributed by atoms with van der Waals surface area (Å²) in [6.07, 6.45) is -15.4. The lowest BCUT2D eigenvalue weighted by molar-refractivity contribution is -0.381. The highest BCUT2D eigenvalue weighted by Crippen LogP contribution is 2.76. The molecule has 18 nitrogen and oxygen atoms in total. The fourth-order valence-electron chi connectivity index (χ4n) is 15.2. The van der Waals surface area contributed by atoms with Gasteiger partial charge in [-0.15, -0.1) is 0 Å². The van der Waals surface area contributed by atoms with Crippen molar-refractivity contribution in [3.63, 3.8) is 0 Å². The fraction of sp³-hybridized carbons (Fsp3) is 0.936. The van der Waals surface area contributed by atoms with Crippen molar-refractivity contribution in [3.8, 4) is 0 Å². The first kappa shape index (κ1) is 48.6. The second-order valence-corrected chi connectivity index (χ2v) is 23.3. The van der Waals surface area contributed by atoms with Crippen LogP contribution in [-0.4, -0.2) is 181 Å². The van der Waals surface area contributed by atoms with E-state index in [1.165, 1.54) is 5.57 Å². The fourth-order valence-corrected chi connectivity index (χ4v) is 15.2. The maximum absolute atomic E-state index is 13.8. The molecule has 370 valence electrons. The first-order valence-corrected chi connectivity index (χ1v) is 23.9. The molecule has 18 heteroatoms. The van der Waals surface area contributed by atoms with Crippen molar-refractivity contribution in [2.75, 3.05) is 19.8 Å². The Kier molecular flexibility index (Phi) is 12.4. The molecule has 0 unspecified atom stereocenters. The van der Waals surface area contributed by atoms with E-state index in [-0.39, 0.29) is 58.1 Å². The van der Waals surface area contributed by atoms with E-state index in [2.05, 4.69) is 54.5 Å². The molecule has 4 saturated heterocycles. The first-order valence-electron chi connectivity index (χ1n) is 23.9. The van der Waals surface area contributed by atoms with Crippen molar-refractivity contribution in [2.24, 2.45) is 50.2 Å². The van der Waals surface area contributed by atoms with Crippen LogP contribution in [0.15, 0.2) is 11.6 Å². The minimum atomic E-state index is -1.83.